The van der Waals surface area contributed by atoms with Gasteiger partial charge in [0.05, 0.1) is 5.41 Å². The number of ether oxygens (including phenoxy) is 2. The van der Waals surface area contributed by atoms with E-state index in [2.05, 4.69) is 0 Å². The molecule has 1 heterocycles. The van der Waals surface area contributed by atoms with Gasteiger partial charge in [-0.05, 0) is 87.4 Å². The fraction of sp³-hybridized carbons (Fsp3) is 0.355. The lowest BCUT2D eigenvalue weighted by Crippen LogP contribution is -2.54. The molecule has 37 heavy (non-hydrogen) atoms. The van der Waals surface area contributed by atoms with Gasteiger partial charge in [-0.15, -0.1) is 0 Å². The lowest BCUT2D eigenvalue weighted by molar-refractivity contribution is -0.145. The molecular weight excluding hydrogens is 469 g/mol. The van der Waals surface area contributed by atoms with Crippen molar-refractivity contribution >= 4 is 12.0 Å². The van der Waals surface area contributed by atoms with Gasteiger partial charge in [0.2, 0.25) is 5.91 Å². The van der Waals surface area contributed by atoms with Crippen LogP contribution in [0.25, 0.3) is 0 Å². The van der Waals surface area contributed by atoms with Gasteiger partial charge in [-0.25, -0.2) is 14.1 Å². The second-order valence-electron chi connectivity index (χ2n) is 10.7. The minimum atomic E-state index is -0.848. The van der Waals surface area contributed by atoms with Crippen LogP contribution in [-0.4, -0.2) is 29.0 Å². The Morgan fingerprint density at radius 3 is 2.08 bits per heavy atom. The molecule has 3 aromatic rings. The van der Waals surface area contributed by atoms with Crippen LogP contribution in [0.15, 0.2) is 78.9 Å². The minimum absolute atomic E-state index is 0.248. The number of imide groups is 1. The molecule has 1 atom stereocenters. The van der Waals surface area contributed by atoms with E-state index in [1.165, 1.54) is 17.0 Å². The van der Waals surface area contributed by atoms with Gasteiger partial charge in [-0.1, -0.05) is 54.6 Å². The maximum Gasteiger partial charge on any atom is 0.417 e. The van der Waals surface area contributed by atoms with Crippen molar-refractivity contribution in [1.29, 1.82) is 0 Å². The Morgan fingerprint density at radius 1 is 0.892 bits per heavy atom. The molecule has 1 saturated heterocycles. The van der Waals surface area contributed by atoms with E-state index in [-0.39, 0.29) is 11.7 Å². The summed E-state index contributed by atoms with van der Waals surface area (Å²) < 4.78 is 25.0. The number of benzene rings is 3. The van der Waals surface area contributed by atoms with E-state index >= 15 is 0 Å². The highest BCUT2D eigenvalue weighted by Gasteiger charge is 2.46. The van der Waals surface area contributed by atoms with Crippen LogP contribution in [0.2, 0.25) is 0 Å². The van der Waals surface area contributed by atoms with Crippen molar-refractivity contribution in [2.24, 2.45) is 5.41 Å². The van der Waals surface area contributed by atoms with Crippen LogP contribution in [0, 0.1) is 11.2 Å². The summed E-state index contributed by atoms with van der Waals surface area (Å²) in [5.74, 6) is 0.168. The molecule has 2 amide bonds. The molecule has 0 spiro atoms. The number of hydrogen-bond donors (Lipinski definition) is 0. The molecule has 0 radical (unpaired) electrons. The van der Waals surface area contributed by atoms with E-state index in [1.54, 1.807) is 32.9 Å². The monoisotopic (exact) mass is 503 g/mol. The van der Waals surface area contributed by atoms with Crippen LogP contribution >= 0.6 is 0 Å². The summed E-state index contributed by atoms with van der Waals surface area (Å²) in [6, 6.07) is 23.9. The first-order valence-corrected chi connectivity index (χ1v) is 12.7. The molecule has 6 heteroatoms. The topological polar surface area (TPSA) is 55.8 Å². The van der Waals surface area contributed by atoms with Crippen LogP contribution in [0.5, 0.6) is 5.75 Å². The summed E-state index contributed by atoms with van der Waals surface area (Å²) in [4.78, 5) is 28.1. The molecule has 0 aliphatic carbocycles. The third kappa shape index (κ3) is 6.97. The zero-order valence-corrected chi connectivity index (χ0v) is 21.7. The average Bonchev–Trinajstić information content (AvgIpc) is 2.86. The third-order valence-electron chi connectivity index (χ3n) is 6.52. The number of hydrogen-bond acceptors (Lipinski definition) is 4. The summed E-state index contributed by atoms with van der Waals surface area (Å²) in [7, 11) is 0. The molecule has 4 rings (SSSR count). The highest BCUT2D eigenvalue weighted by atomic mass is 19.1. The molecule has 1 fully saturated rings. The van der Waals surface area contributed by atoms with Gasteiger partial charge in [0, 0.05) is 6.54 Å². The summed E-state index contributed by atoms with van der Waals surface area (Å²) in [5.41, 5.74) is 1.35. The summed E-state index contributed by atoms with van der Waals surface area (Å²) in [6.07, 6.45) is 1.52. The minimum Gasteiger partial charge on any atom is -0.489 e. The SMILES string of the molecule is CC(C)(C)OC(=O)N1CCC[C@](Cc2ccc(F)cc2)(Cc2ccc(OCc3ccccc3)cc2)C1=O. The first-order valence-electron chi connectivity index (χ1n) is 12.7. The number of amides is 2. The Hall–Kier alpha value is -3.67. The number of rotatable bonds is 7. The molecule has 1 aliphatic heterocycles. The number of carbonyl (C=O) groups excluding carboxylic acids is 2. The largest absolute Gasteiger partial charge is 0.489 e. The lowest BCUT2D eigenvalue weighted by atomic mass is 9.70. The van der Waals surface area contributed by atoms with Gasteiger partial charge in [0.1, 0.15) is 23.8 Å². The van der Waals surface area contributed by atoms with Gasteiger partial charge >= 0.3 is 6.09 Å². The Kier molecular flexibility index (Phi) is 7.96. The fourth-order valence-electron chi connectivity index (χ4n) is 4.78. The van der Waals surface area contributed by atoms with E-state index in [0.29, 0.717) is 38.8 Å². The molecule has 194 valence electrons. The van der Waals surface area contributed by atoms with E-state index in [0.717, 1.165) is 22.4 Å². The Morgan fingerprint density at radius 2 is 1.49 bits per heavy atom. The van der Waals surface area contributed by atoms with Gasteiger partial charge < -0.3 is 9.47 Å². The number of halogens is 1. The van der Waals surface area contributed by atoms with Crippen LogP contribution < -0.4 is 4.74 Å². The van der Waals surface area contributed by atoms with Crippen molar-refractivity contribution < 1.29 is 23.5 Å². The molecule has 1 aliphatic rings. The van der Waals surface area contributed by atoms with Crippen LogP contribution in [0.1, 0.15) is 50.3 Å². The van der Waals surface area contributed by atoms with Crippen molar-refractivity contribution in [3.8, 4) is 5.75 Å². The van der Waals surface area contributed by atoms with Crippen molar-refractivity contribution in [2.75, 3.05) is 6.54 Å². The van der Waals surface area contributed by atoms with Crippen molar-refractivity contribution in [2.45, 2.75) is 58.7 Å². The van der Waals surface area contributed by atoms with Gasteiger partial charge in [-0.2, -0.15) is 0 Å². The number of likely N-dealkylation sites (tertiary alicyclic amines) is 1. The molecule has 3 aromatic carbocycles. The maximum atomic E-state index is 13.9. The van der Waals surface area contributed by atoms with Crippen molar-refractivity contribution in [3.05, 3.63) is 101 Å². The molecule has 0 unspecified atom stereocenters. The molecule has 0 saturated carbocycles. The molecule has 0 N–H and O–H groups in total. The van der Waals surface area contributed by atoms with Crippen molar-refractivity contribution in [1.82, 2.24) is 4.90 Å². The highest BCUT2D eigenvalue weighted by Crippen LogP contribution is 2.39. The Bertz CT molecular complexity index is 1200. The van der Waals surface area contributed by atoms with Crippen molar-refractivity contribution in [3.63, 3.8) is 0 Å². The predicted molar refractivity (Wildman–Crippen MR) is 141 cm³/mol. The summed E-state index contributed by atoms with van der Waals surface area (Å²) in [5, 5.41) is 0. The quantitative estimate of drug-likeness (QED) is 0.359. The normalized spacial score (nSPS) is 17.9. The van der Waals surface area contributed by atoms with Gasteiger partial charge in [0.25, 0.3) is 0 Å². The summed E-state index contributed by atoms with van der Waals surface area (Å²) in [6.45, 7) is 6.15. The molecule has 5 nitrogen and oxygen atoms in total. The Labute approximate surface area is 218 Å². The van der Waals surface area contributed by atoms with Crippen LogP contribution in [0.3, 0.4) is 0 Å². The first kappa shape index (κ1) is 26.4. The second kappa shape index (κ2) is 11.2. The maximum absolute atomic E-state index is 13.9. The highest BCUT2D eigenvalue weighted by molar-refractivity contribution is 5.96. The van der Waals surface area contributed by atoms with Gasteiger partial charge in [-0.3, -0.25) is 4.79 Å². The zero-order valence-electron chi connectivity index (χ0n) is 21.7. The van der Waals surface area contributed by atoms with Crippen LogP contribution in [0.4, 0.5) is 9.18 Å². The third-order valence-corrected chi connectivity index (χ3v) is 6.52. The molecular formula is C31H34FNO4. The standard InChI is InChI=1S/C31H34FNO4/c1-30(2,3)37-29(35)33-19-7-18-31(28(33)34,20-23-10-14-26(32)15-11-23)21-24-12-16-27(17-13-24)36-22-25-8-5-4-6-9-25/h4-6,8-17H,7,18-22H2,1-3H3/t31-/m0/s1. The lowest BCUT2D eigenvalue weighted by Gasteiger charge is -2.41. The molecule has 0 bridgehead atoms. The van der Waals surface area contributed by atoms with Crippen LogP contribution in [-0.2, 0) is 29.0 Å². The smallest absolute Gasteiger partial charge is 0.417 e. The number of carbonyl (C=O) groups is 2. The Balaban J connectivity index is 1.55. The predicted octanol–water partition coefficient (Wildman–Crippen LogP) is 6.73. The fourth-order valence-corrected chi connectivity index (χ4v) is 4.78. The van der Waals surface area contributed by atoms with E-state index in [1.807, 2.05) is 54.6 Å². The average molecular weight is 504 g/mol. The second-order valence-corrected chi connectivity index (χ2v) is 10.7. The molecule has 0 aromatic heterocycles. The van der Waals surface area contributed by atoms with Gasteiger partial charge in [0.15, 0.2) is 0 Å². The number of piperidine rings is 1. The van der Waals surface area contributed by atoms with E-state index in [9.17, 15) is 14.0 Å². The number of nitrogens with zero attached hydrogens (tertiary/aromatic N) is 1. The van der Waals surface area contributed by atoms with E-state index in [4.69, 9.17) is 9.47 Å². The van der Waals surface area contributed by atoms with E-state index < -0.39 is 17.1 Å². The zero-order chi connectivity index (χ0) is 26.5. The summed E-state index contributed by atoms with van der Waals surface area (Å²) >= 11 is 0. The first-order chi connectivity index (χ1) is 17.6.